The first-order valence-corrected chi connectivity index (χ1v) is 9.11. The molecule has 2 aromatic carbocycles. The second kappa shape index (κ2) is 6.23. The number of hydrogen-bond donors (Lipinski definition) is 1. The second-order valence-corrected chi connectivity index (χ2v) is 7.18. The molecule has 0 saturated carbocycles. The van der Waals surface area contributed by atoms with Gasteiger partial charge >= 0.3 is 0 Å². The summed E-state index contributed by atoms with van der Waals surface area (Å²) in [7, 11) is -2.17. The standard InChI is InChI=1S/C15H15N3O3S2/c1-10(11-6-3-4-8-13(11)21-2)18-23(19,20)14-9-5-7-12-15(14)17-22-16-12/h3-10,18H,1-2H3/t10-/m0/s1. The minimum absolute atomic E-state index is 0.130. The summed E-state index contributed by atoms with van der Waals surface area (Å²) in [6.07, 6.45) is 0. The molecule has 120 valence electrons. The van der Waals surface area contributed by atoms with Crippen molar-refractivity contribution in [1.29, 1.82) is 0 Å². The first kappa shape index (κ1) is 15.9. The lowest BCUT2D eigenvalue weighted by molar-refractivity contribution is 0.405. The molecule has 1 N–H and O–H groups in total. The van der Waals surface area contributed by atoms with Gasteiger partial charge < -0.3 is 4.74 Å². The van der Waals surface area contributed by atoms with Gasteiger partial charge in [-0.05, 0) is 25.1 Å². The fourth-order valence-corrected chi connectivity index (χ4v) is 4.37. The van der Waals surface area contributed by atoms with E-state index in [4.69, 9.17) is 4.74 Å². The number of methoxy groups -OCH3 is 1. The fraction of sp³-hybridized carbons (Fsp3) is 0.200. The fourth-order valence-electron chi connectivity index (χ4n) is 2.38. The number of ether oxygens (including phenoxy) is 1. The van der Waals surface area contributed by atoms with Crippen LogP contribution >= 0.6 is 11.7 Å². The minimum atomic E-state index is -3.73. The molecule has 0 saturated heterocycles. The summed E-state index contributed by atoms with van der Waals surface area (Å²) in [6, 6.07) is 11.8. The van der Waals surface area contributed by atoms with Gasteiger partial charge in [-0.1, -0.05) is 24.3 Å². The van der Waals surface area contributed by atoms with Gasteiger partial charge in [-0.25, -0.2) is 13.1 Å². The lowest BCUT2D eigenvalue weighted by atomic mass is 10.1. The zero-order valence-corrected chi connectivity index (χ0v) is 14.2. The van der Waals surface area contributed by atoms with Crippen LogP contribution in [0.2, 0.25) is 0 Å². The molecule has 0 fully saturated rings. The Morgan fingerprint density at radius 3 is 2.70 bits per heavy atom. The molecule has 1 heterocycles. The number of hydrogen-bond acceptors (Lipinski definition) is 6. The number of sulfonamides is 1. The molecule has 0 bridgehead atoms. The Bertz CT molecular complexity index is 938. The van der Waals surface area contributed by atoms with Crippen molar-refractivity contribution in [2.45, 2.75) is 17.9 Å². The van der Waals surface area contributed by atoms with Crippen molar-refractivity contribution in [3.8, 4) is 5.75 Å². The highest BCUT2D eigenvalue weighted by Crippen LogP contribution is 2.27. The van der Waals surface area contributed by atoms with Crippen LogP contribution in [0.3, 0.4) is 0 Å². The molecule has 6 nitrogen and oxygen atoms in total. The maximum atomic E-state index is 12.7. The Hall–Kier alpha value is -2.03. The quantitative estimate of drug-likeness (QED) is 0.766. The van der Waals surface area contributed by atoms with E-state index < -0.39 is 16.1 Å². The summed E-state index contributed by atoms with van der Waals surface area (Å²) in [5.74, 6) is 0.635. The smallest absolute Gasteiger partial charge is 0.243 e. The molecule has 0 aliphatic heterocycles. The lowest BCUT2D eigenvalue weighted by Gasteiger charge is -2.17. The SMILES string of the molecule is COc1ccccc1[C@H](C)NS(=O)(=O)c1cccc2nsnc12. The van der Waals surface area contributed by atoms with Crippen LogP contribution in [0.15, 0.2) is 47.4 Å². The predicted octanol–water partition coefficient (Wildman–Crippen LogP) is 2.74. The van der Waals surface area contributed by atoms with E-state index >= 15 is 0 Å². The van der Waals surface area contributed by atoms with Gasteiger partial charge in [-0.15, -0.1) is 0 Å². The first-order valence-electron chi connectivity index (χ1n) is 6.89. The highest BCUT2D eigenvalue weighted by Gasteiger charge is 2.23. The Kier molecular flexibility index (Phi) is 4.29. The zero-order valence-electron chi connectivity index (χ0n) is 12.6. The molecule has 0 unspecified atom stereocenters. The molecule has 8 heteroatoms. The third-order valence-corrected chi connectivity index (χ3v) is 5.59. The predicted molar refractivity (Wildman–Crippen MR) is 89.1 cm³/mol. The van der Waals surface area contributed by atoms with Gasteiger partial charge in [-0.2, -0.15) is 8.75 Å². The summed E-state index contributed by atoms with van der Waals surface area (Å²) in [5.41, 5.74) is 1.72. The number of rotatable bonds is 5. The lowest BCUT2D eigenvalue weighted by Crippen LogP contribution is -2.27. The number of benzene rings is 2. The average molecular weight is 349 g/mol. The van der Waals surface area contributed by atoms with Crippen LogP contribution in [-0.4, -0.2) is 24.3 Å². The normalized spacial score (nSPS) is 13.1. The molecule has 1 atom stereocenters. The van der Waals surface area contributed by atoms with E-state index in [1.165, 1.54) is 6.07 Å². The van der Waals surface area contributed by atoms with Crippen LogP contribution < -0.4 is 9.46 Å². The van der Waals surface area contributed by atoms with Crippen LogP contribution in [-0.2, 0) is 10.0 Å². The van der Waals surface area contributed by atoms with Gasteiger partial charge in [0.05, 0.1) is 18.8 Å². The monoisotopic (exact) mass is 349 g/mol. The summed E-state index contributed by atoms with van der Waals surface area (Å²) < 4.78 is 41.5. The van der Waals surface area contributed by atoms with Gasteiger partial charge in [0.25, 0.3) is 0 Å². The van der Waals surface area contributed by atoms with Crippen molar-refractivity contribution in [3.05, 3.63) is 48.0 Å². The molecule has 23 heavy (non-hydrogen) atoms. The van der Waals surface area contributed by atoms with E-state index in [1.54, 1.807) is 32.2 Å². The Balaban J connectivity index is 1.96. The maximum Gasteiger partial charge on any atom is 0.243 e. The van der Waals surface area contributed by atoms with Crippen molar-refractivity contribution >= 4 is 32.8 Å². The van der Waals surface area contributed by atoms with Gasteiger partial charge in [0, 0.05) is 11.6 Å². The number of fused-ring (bicyclic) bond motifs is 1. The Morgan fingerprint density at radius 1 is 1.13 bits per heavy atom. The summed E-state index contributed by atoms with van der Waals surface area (Å²) in [6.45, 7) is 1.77. The topological polar surface area (TPSA) is 81.2 Å². The van der Waals surface area contributed by atoms with Crippen molar-refractivity contribution in [3.63, 3.8) is 0 Å². The summed E-state index contributed by atoms with van der Waals surface area (Å²) in [5, 5.41) is 0. The molecule has 0 spiro atoms. The number of nitrogens with zero attached hydrogens (tertiary/aromatic N) is 2. The van der Waals surface area contributed by atoms with E-state index in [0.717, 1.165) is 17.3 Å². The van der Waals surface area contributed by atoms with Crippen LogP contribution in [0, 0.1) is 0 Å². The molecular weight excluding hydrogens is 334 g/mol. The largest absolute Gasteiger partial charge is 0.496 e. The van der Waals surface area contributed by atoms with E-state index in [0.29, 0.717) is 16.8 Å². The molecule has 1 aromatic heterocycles. The minimum Gasteiger partial charge on any atom is -0.496 e. The Morgan fingerprint density at radius 2 is 1.91 bits per heavy atom. The molecular formula is C15H15N3O3S2. The van der Waals surface area contributed by atoms with Gasteiger partial charge in [-0.3, -0.25) is 0 Å². The van der Waals surface area contributed by atoms with Crippen molar-refractivity contribution in [2.24, 2.45) is 0 Å². The zero-order chi connectivity index (χ0) is 16.4. The number of aromatic nitrogens is 2. The molecule has 3 rings (SSSR count). The van der Waals surface area contributed by atoms with Crippen molar-refractivity contribution in [2.75, 3.05) is 7.11 Å². The van der Waals surface area contributed by atoms with Crippen LogP contribution in [0.1, 0.15) is 18.5 Å². The first-order chi connectivity index (χ1) is 11.0. The third kappa shape index (κ3) is 3.05. The van der Waals surface area contributed by atoms with E-state index in [1.807, 2.05) is 18.2 Å². The third-order valence-electron chi connectivity index (χ3n) is 3.48. The summed E-state index contributed by atoms with van der Waals surface area (Å²) in [4.78, 5) is 0.130. The van der Waals surface area contributed by atoms with Gasteiger partial charge in [0.2, 0.25) is 10.0 Å². The Labute approximate surface area is 138 Å². The van der Waals surface area contributed by atoms with Crippen molar-refractivity contribution < 1.29 is 13.2 Å². The highest BCUT2D eigenvalue weighted by atomic mass is 32.2. The second-order valence-electron chi connectivity index (χ2n) is 4.97. The van der Waals surface area contributed by atoms with Gasteiger partial charge in [0.15, 0.2) is 0 Å². The molecule has 0 radical (unpaired) electrons. The molecule has 0 amide bonds. The van der Waals surface area contributed by atoms with Crippen LogP contribution in [0.5, 0.6) is 5.75 Å². The van der Waals surface area contributed by atoms with E-state index in [2.05, 4.69) is 13.5 Å². The maximum absolute atomic E-state index is 12.7. The molecule has 0 aliphatic carbocycles. The van der Waals surface area contributed by atoms with Crippen LogP contribution in [0.25, 0.3) is 11.0 Å². The summed E-state index contributed by atoms with van der Waals surface area (Å²) >= 11 is 0.992. The van der Waals surface area contributed by atoms with Crippen molar-refractivity contribution in [1.82, 2.24) is 13.5 Å². The van der Waals surface area contributed by atoms with E-state index in [9.17, 15) is 8.42 Å². The average Bonchev–Trinajstić information content (AvgIpc) is 3.02. The van der Waals surface area contributed by atoms with Gasteiger partial charge in [0.1, 0.15) is 21.7 Å². The van der Waals surface area contributed by atoms with Crippen LogP contribution in [0.4, 0.5) is 0 Å². The molecule has 3 aromatic rings. The molecule has 0 aliphatic rings. The number of para-hydroxylation sites is 1. The highest BCUT2D eigenvalue weighted by molar-refractivity contribution is 7.89. The number of nitrogens with one attached hydrogen (secondary N) is 1. The van der Waals surface area contributed by atoms with E-state index in [-0.39, 0.29) is 4.90 Å².